The topological polar surface area (TPSA) is 41.9 Å². The van der Waals surface area contributed by atoms with Crippen molar-refractivity contribution in [1.82, 2.24) is 4.90 Å². The van der Waals surface area contributed by atoms with E-state index in [1.807, 2.05) is 61.5 Å². The molecule has 3 rings (SSSR count). The summed E-state index contributed by atoms with van der Waals surface area (Å²) in [6, 6.07) is 15.5. The third kappa shape index (κ3) is 4.06. The van der Waals surface area contributed by atoms with Crippen LogP contribution in [0.1, 0.15) is 11.1 Å². The Labute approximate surface area is 157 Å². The van der Waals surface area contributed by atoms with E-state index >= 15 is 0 Å². The first-order chi connectivity index (χ1) is 12.6. The fourth-order valence-corrected chi connectivity index (χ4v) is 3.47. The maximum absolute atomic E-state index is 12.8. The van der Waals surface area contributed by atoms with Crippen molar-refractivity contribution < 1.29 is 9.53 Å². The second-order valence-corrected chi connectivity index (χ2v) is 6.83. The van der Waals surface area contributed by atoms with Gasteiger partial charge in [-0.2, -0.15) is 0 Å². The van der Waals surface area contributed by atoms with E-state index in [1.54, 1.807) is 18.1 Å². The molecule has 4 nitrogen and oxygen atoms in total. The fraction of sp³-hybridized carbons (Fsp3) is 0.143. The molecule has 132 valence electrons. The number of amides is 1. The molecule has 0 aliphatic carbocycles. The van der Waals surface area contributed by atoms with Gasteiger partial charge in [0.05, 0.1) is 17.7 Å². The molecule has 0 spiro atoms. The van der Waals surface area contributed by atoms with Gasteiger partial charge in [0.2, 0.25) is 0 Å². The Bertz CT molecular complexity index is 868. The van der Waals surface area contributed by atoms with Gasteiger partial charge in [-0.15, -0.1) is 6.58 Å². The minimum absolute atomic E-state index is 0.0587. The van der Waals surface area contributed by atoms with Crippen LogP contribution in [0, 0.1) is 6.92 Å². The van der Waals surface area contributed by atoms with Gasteiger partial charge >= 0.3 is 0 Å². The number of nitrogens with zero attached hydrogens (tertiary/aromatic N) is 2. The van der Waals surface area contributed by atoms with Gasteiger partial charge in [0.25, 0.3) is 5.91 Å². The lowest BCUT2D eigenvalue weighted by Crippen LogP contribution is -2.29. The second-order valence-electron chi connectivity index (χ2n) is 5.82. The van der Waals surface area contributed by atoms with E-state index in [0.29, 0.717) is 16.6 Å². The summed E-state index contributed by atoms with van der Waals surface area (Å²) in [6.07, 6.45) is 3.58. The fourth-order valence-electron chi connectivity index (χ4n) is 2.46. The van der Waals surface area contributed by atoms with Gasteiger partial charge in [-0.05, 0) is 54.6 Å². The monoisotopic (exact) mass is 364 g/mol. The molecule has 1 saturated heterocycles. The molecule has 0 bridgehead atoms. The van der Waals surface area contributed by atoms with Crippen molar-refractivity contribution in [2.45, 2.75) is 6.92 Å². The Morgan fingerprint density at radius 1 is 1.15 bits per heavy atom. The van der Waals surface area contributed by atoms with Gasteiger partial charge in [-0.3, -0.25) is 9.69 Å². The number of ether oxygens (including phenoxy) is 1. The van der Waals surface area contributed by atoms with Crippen molar-refractivity contribution in [3.63, 3.8) is 0 Å². The van der Waals surface area contributed by atoms with Gasteiger partial charge in [-0.1, -0.05) is 35.9 Å². The molecular weight excluding hydrogens is 344 g/mol. The molecule has 0 saturated carbocycles. The molecule has 5 heteroatoms. The minimum Gasteiger partial charge on any atom is -0.497 e. The first-order valence-electron chi connectivity index (χ1n) is 8.22. The summed E-state index contributed by atoms with van der Waals surface area (Å²) in [6.45, 7) is 6.21. The second kappa shape index (κ2) is 8.06. The smallest absolute Gasteiger partial charge is 0.267 e. The highest BCUT2D eigenvalue weighted by atomic mass is 32.2. The van der Waals surface area contributed by atoms with E-state index in [4.69, 9.17) is 4.74 Å². The highest BCUT2D eigenvalue weighted by Crippen LogP contribution is 2.34. The molecular formula is C21H20N2O2S. The Kier molecular flexibility index (Phi) is 5.58. The first kappa shape index (κ1) is 18.0. The van der Waals surface area contributed by atoms with E-state index in [2.05, 4.69) is 11.6 Å². The van der Waals surface area contributed by atoms with Crippen molar-refractivity contribution in [2.75, 3.05) is 13.7 Å². The van der Waals surface area contributed by atoms with E-state index in [-0.39, 0.29) is 5.91 Å². The Hall–Kier alpha value is -2.79. The third-order valence-electron chi connectivity index (χ3n) is 3.87. The highest BCUT2D eigenvalue weighted by molar-refractivity contribution is 8.18. The largest absolute Gasteiger partial charge is 0.497 e. The van der Waals surface area contributed by atoms with Crippen LogP contribution in [0.5, 0.6) is 5.75 Å². The van der Waals surface area contributed by atoms with Crippen LogP contribution in [0.4, 0.5) is 5.69 Å². The lowest BCUT2D eigenvalue weighted by Gasteiger charge is -2.12. The van der Waals surface area contributed by atoms with Crippen molar-refractivity contribution in [2.24, 2.45) is 4.99 Å². The van der Waals surface area contributed by atoms with E-state index in [9.17, 15) is 4.79 Å². The number of aliphatic imine (C=N–C) groups is 1. The molecule has 1 heterocycles. The van der Waals surface area contributed by atoms with E-state index in [1.165, 1.54) is 17.3 Å². The van der Waals surface area contributed by atoms with Crippen LogP contribution in [0.2, 0.25) is 0 Å². The molecule has 0 radical (unpaired) electrons. The third-order valence-corrected chi connectivity index (χ3v) is 4.88. The van der Waals surface area contributed by atoms with Crippen LogP contribution in [0.15, 0.2) is 71.1 Å². The Balaban J connectivity index is 1.91. The number of rotatable bonds is 5. The quantitative estimate of drug-likeness (QED) is 0.566. The zero-order valence-corrected chi connectivity index (χ0v) is 15.6. The average molecular weight is 364 g/mol. The van der Waals surface area contributed by atoms with Crippen molar-refractivity contribution in [3.05, 3.63) is 77.2 Å². The summed E-state index contributed by atoms with van der Waals surface area (Å²) in [4.78, 5) is 19.7. The number of thioether (sulfide) groups is 1. The molecule has 0 atom stereocenters. The molecule has 2 aromatic carbocycles. The zero-order valence-electron chi connectivity index (χ0n) is 14.8. The zero-order chi connectivity index (χ0) is 18.5. The summed E-state index contributed by atoms with van der Waals surface area (Å²) in [7, 11) is 1.63. The standard InChI is InChI=1S/C21H20N2O2S/c1-4-13-23-20(24)19(14-16-7-11-18(25-3)12-8-16)26-21(23)22-17-9-5-15(2)6-10-17/h4-12,14H,1,13H2,2-3H3/b19-14-,22-21?. The van der Waals surface area contributed by atoms with Crippen molar-refractivity contribution in [3.8, 4) is 5.75 Å². The van der Waals surface area contributed by atoms with Gasteiger partial charge in [0, 0.05) is 6.54 Å². The minimum atomic E-state index is -0.0587. The van der Waals surface area contributed by atoms with Crippen LogP contribution < -0.4 is 4.74 Å². The number of aryl methyl sites for hydroxylation is 1. The summed E-state index contributed by atoms with van der Waals surface area (Å²) in [5.41, 5.74) is 2.94. The molecule has 0 N–H and O–H groups in total. The van der Waals surface area contributed by atoms with Gasteiger partial charge < -0.3 is 4.74 Å². The first-order valence-corrected chi connectivity index (χ1v) is 9.04. The normalized spacial score (nSPS) is 17.2. The lowest BCUT2D eigenvalue weighted by molar-refractivity contribution is -0.121. The molecule has 1 aliphatic heterocycles. The Morgan fingerprint density at radius 2 is 1.85 bits per heavy atom. The van der Waals surface area contributed by atoms with Gasteiger partial charge in [-0.25, -0.2) is 4.99 Å². The highest BCUT2D eigenvalue weighted by Gasteiger charge is 2.32. The SMILES string of the molecule is C=CCN1C(=O)/C(=C/c2ccc(OC)cc2)SC1=Nc1ccc(C)cc1. The van der Waals surface area contributed by atoms with E-state index in [0.717, 1.165) is 17.0 Å². The van der Waals surface area contributed by atoms with Crippen LogP contribution in [0.25, 0.3) is 6.08 Å². The molecule has 1 aliphatic rings. The molecule has 26 heavy (non-hydrogen) atoms. The number of hydrogen-bond acceptors (Lipinski definition) is 4. The number of methoxy groups -OCH3 is 1. The number of benzene rings is 2. The number of carbonyl (C=O) groups is 1. The lowest BCUT2D eigenvalue weighted by atomic mass is 10.2. The summed E-state index contributed by atoms with van der Waals surface area (Å²) in [5.74, 6) is 0.726. The summed E-state index contributed by atoms with van der Waals surface area (Å²) >= 11 is 1.38. The molecule has 2 aromatic rings. The summed E-state index contributed by atoms with van der Waals surface area (Å²) in [5, 5.41) is 0.665. The van der Waals surface area contributed by atoms with Crippen LogP contribution in [-0.4, -0.2) is 29.6 Å². The predicted molar refractivity (Wildman–Crippen MR) is 109 cm³/mol. The Morgan fingerprint density at radius 3 is 2.46 bits per heavy atom. The maximum atomic E-state index is 12.8. The van der Waals surface area contributed by atoms with E-state index < -0.39 is 0 Å². The van der Waals surface area contributed by atoms with Crippen molar-refractivity contribution in [1.29, 1.82) is 0 Å². The predicted octanol–water partition coefficient (Wildman–Crippen LogP) is 4.79. The maximum Gasteiger partial charge on any atom is 0.267 e. The average Bonchev–Trinajstić information content (AvgIpc) is 2.93. The molecule has 1 amide bonds. The molecule has 0 unspecified atom stereocenters. The number of hydrogen-bond donors (Lipinski definition) is 0. The van der Waals surface area contributed by atoms with Gasteiger partial charge in [0.1, 0.15) is 5.75 Å². The van der Waals surface area contributed by atoms with Crippen LogP contribution in [-0.2, 0) is 4.79 Å². The van der Waals surface area contributed by atoms with Crippen LogP contribution in [0.3, 0.4) is 0 Å². The van der Waals surface area contributed by atoms with Crippen molar-refractivity contribution >= 4 is 34.6 Å². The molecule has 0 aromatic heterocycles. The number of amidine groups is 1. The van der Waals surface area contributed by atoms with Crippen LogP contribution >= 0.6 is 11.8 Å². The molecule has 1 fully saturated rings. The number of carbonyl (C=O) groups excluding carboxylic acids is 1. The van der Waals surface area contributed by atoms with Gasteiger partial charge in [0.15, 0.2) is 5.17 Å². The summed E-state index contributed by atoms with van der Waals surface area (Å²) < 4.78 is 5.17.